The van der Waals surface area contributed by atoms with Crippen molar-refractivity contribution in [2.45, 2.75) is 27.3 Å². The summed E-state index contributed by atoms with van der Waals surface area (Å²) in [4.78, 5) is 12.2. The molecule has 0 radical (unpaired) electrons. The molecule has 0 aliphatic carbocycles. The maximum absolute atomic E-state index is 12.2. The Balaban J connectivity index is 1.58. The zero-order valence-electron chi connectivity index (χ0n) is 17.9. The van der Waals surface area contributed by atoms with Crippen LogP contribution in [-0.2, 0) is 11.3 Å². The SMILES string of the molecule is COc1cc(CNc2ccc(C)c(C)c2)ccc1OCC(=O)Nc1cccc(C)c1. The first-order valence-electron chi connectivity index (χ1n) is 9.92. The minimum atomic E-state index is -0.219. The predicted octanol–water partition coefficient (Wildman–Crippen LogP) is 5.25. The molecular weight excluding hydrogens is 376 g/mol. The van der Waals surface area contributed by atoms with E-state index < -0.39 is 0 Å². The molecule has 156 valence electrons. The summed E-state index contributed by atoms with van der Waals surface area (Å²) >= 11 is 0. The summed E-state index contributed by atoms with van der Waals surface area (Å²) in [6.45, 7) is 6.75. The van der Waals surface area contributed by atoms with E-state index in [1.54, 1.807) is 7.11 Å². The van der Waals surface area contributed by atoms with E-state index >= 15 is 0 Å². The molecule has 0 heterocycles. The number of hydrogen-bond donors (Lipinski definition) is 2. The van der Waals surface area contributed by atoms with Gasteiger partial charge in [-0.3, -0.25) is 4.79 Å². The van der Waals surface area contributed by atoms with Gasteiger partial charge in [-0.1, -0.05) is 24.3 Å². The van der Waals surface area contributed by atoms with Crippen LogP contribution in [0.4, 0.5) is 11.4 Å². The molecule has 0 aliphatic rings. The van der Waals surface area contributed by atoms with E-state index in [0.717, 1.165) is 22.5 Å². The Labute approximate surface area is 178 Å². The summed E-state index contributed by atoms with van der Waals surface area (Å²) in [5.41, 5.74) is 6.50. The first kappa shape index (κ1) is 21.2. The zero-order valence-corrected chi connectivity index (χ0v) is 17.9. The van der Waals surface area contributed by atoms with Crippen molar-refractivity contribution < 1.29 is 14.3 Å². The second kappa shape index (κ2) is 9.83. The molecule has 0 bridgehead atoms. The highest BCUT2D eigenvalue weighted by Crippen LogP contribution is 2.28. The van der Waals surface area contributed by atoms with E-state index in [1.807, 2.05) is 49.4 Å². The average Bonchev–Trinajstić information content (AvgIpc) is 2.73. The lowest BCUT2D eigenvalue weighted by atomic mass is 10.1. The van der Waals surface area contributed by atoms with Gasteiger partial charge in [-0.05, 0) is 79.4 Å². The summed E-state index contributed by atoms with van der Waals surface area (Å²) in [5.74, 6) is 0.910. The van der Waals surface area contributed by atoms with Crippen molar-refractivity contribution in [1.29, 1.82) is 0 Å². The molecule has 0 saturated carbocycles. The molecular formula is C25H28N2O3. The molecule has 0 unspecified atom stereocenters. The topological polar surface area (TPSA) is 59.6 Å². The minimum absolute atomic E-state index is 0.0927. The van der Waals surface area contributed by atoms with Crippen LogP contribution in [0.3, 0.4) is 0 Å². The third-order valence-electron chi connectivity index (χ3n) is 4.89. The molecule has 3 rings (SSSR count). The molecule has 0 aromatic heterocycles. The largest absolute Gasteiger partial charge is 0.493 e. The molecule has 0 spiro atoms. The number of methoxy groups -OCH3 is 1. The fraction of sp³-hybridized carbons (Fsp3) is 0.240. The van der Waals surface area contributed by atoms with Crippen LogP contribution in [0, 0.1) is 20.8 Å². The van der Waals surface area contributed by atoms with E-state index in [-0.39, 0.29) is 12.5 Å². The van der Waals surface area contributed by atoms with Gasteiger partial charge in [0, 0.05) is 17.9 Å². The monoisotopic (exact) mass is 404 g/mol. The number of aryl methyl sites for hydroxylation is 3. The van der Waals surface area contributed by atoms with Crippen molar-refractivity contribution in [3.8, 4) is 11.5 Å². The number of hydrogen-bond acceptors (Lipinski definition) is 4. The van der Waals surface area contributed by atoms with Crippen LogP contribution in [0.25, 0.3) is 0 Å². The van der Waals surface area contributed by atoms with Crippen LogP contribution in [0.1, 0.15) is 22.3 Å². The van der Waals surface area contributed by atoms with Crippen LogP contribution in [0.5, 0.6) is 11.5 Å². The van der Waals surface area contributed by atoms with Crippen LogP contribution in [-0.4, -0.2) is 19.6 Å². The number of ether oxygens (including phenoxy) is 2. The molecule has 1 amide bonds. The van der Waals surface area contributed by atoms with Crippen LogP contribution in [0.15, 0.2) is 60.7 Å². The molecule has 5 nitrogen and oxygen atoms in total. The maximum Gasteiger partial charge on any atom is 0.262 e. The number of anilines is 2. The number of carbonyl (C=O) groups excluding carboxylic acids is 1. The van der Waals surface area contributed by atoms with Crippen molar-refractivity contribution in [3.05, 3.63) is 82.9 Å². The molecule has 0 atom stereocenters. The summed E-state index contributed by atoms with van der Waals surface area (Å²) in [7, 11) is 1.59. The van der Waals surface area contributed by atoms with Gasteiger partial charge < -0.3 is 20.1 Å². The summed E-state index contributed by atoms with van der Waals surface area (Å²) in [6, 6.07) is 19.7. The second-order valence-electron chi connectivity index (χ2n) is 7.34. The first-order valence-corrected chi connectivity index (χ1v) is 9.92. The molecule has 5 heteroatoms. The number of carbonyl (C=O) groups is 1. The zero-order chi connectivity index (χ0) is 21.5. The Morgan fingerprint density at radius 1 is 0.867 bits per heavy atom. The quantitative estimate of drug-likeness (QED) is 0.538. The number of nitrogens with one attached hydrogen (secondary N) is 2. The van der Waals surface area contributed by atoms with Crippen LogP contribution >= 0.6 is 0 Å². The smallest absolute Gasteiger partial charge is 0.262 e. The van der Waals surface area contributed by atoms with Crippen molar-refractivity contribution in [1.82, 2.24) is 0 Å². The number of rotatable bonds is 8. The third kappa shape index (κ3) is 5.77. The molecule has 0 saturated heterocycles. The Kier molecular flexibility index (Phi) is 6.96. The van der Waals surface area contributed by atoms with E-state index in [9.17, 15) is 4.79 Å². The Morgan fingerprint density at radius 2 is 1.70 bits per heavy atom. The van der Waals surface area contributed by atoms with Crippen molar-refractivity contribution in [2.24, 2.45) is 0 Å². The molecule has 0 fully saturated rings. The van der Waals surface area contributed by atoms with Crippen LogP contribution < -0.4 is 20.1 Å². The van der Waals surface area contributed by atoms with Gasteiger partial charge in [-0.25, -0.2) is 0 Å². The minimum Gasteiger partial charge on any atom is -0.493 e. The van der Waals surface area contributed by atoms with E-state index in [4.69, 9.17) is 9.47 Å². The van der Waals surface area contributed by atoms with Crippen LogP contribution in [0.2, 0.25) is 0 Å². The van der Waals surface area contributed by atoms with Crippen molar-refractivity contribution >= 4 is 17.3 Å². The lowest BCUT2D eigenvalue weighted by Gasteiger charge is -2.13. The summed E-state index contributed by atoms with van der Waals surface area (Å²) in [5, 5.41) is 6.26. The Bertz CT molecular complexity index is 1030. The highest BCUT2D eigenvalue weighted by Gasteiger charge is 2.09. The Morgan fingerprint density at radius 3 is 2.43 bits per heavy atom. The van der Waals surface area contributed by atoms with E-state index in [2.05, 4.69) is 42.7 Å². The van der Waals surface area contributed by atoms with Crippen molar-refractivity contribution in [2.75, 3.05) is 24.4 Å². The van der Waals surface area contributed by atoms with Gasteiger partial charge in [0.2, 0.25) is 0 Å². The predicted molar refractivity (Wildman–Crippen MR) is 122 cm³/mol. The Hall–Kier alpha value is -3.47. The normalized spacial score (nSPS) is 10.4. The van der Waals surface area contributed by atoms with Gasteiger partial charge in [0.15, 0.2) is 18.1 Å². The van der Waals surface area contributed by atoms with Gasteiger partial charge in [-0.15, -0.1) is 0 Å². The first-order chi connectivity index (χ1) is 14.4. The maximum atomic E-state index is 12.2. The van der Waals surface area contributed by atoms with Gasteiger partial charge in [0.25, 0.3) is 5.91 Å². The standard InChI is InChI=1S/C25H28N2O3/c1-17-6-5-7-22(12-17)27-25(28)16-30-23-11-9-20(14-24(23)29-4)15-26-21-10-8-18(2)19(3)13-21/h5-14,26H,15-16H2,1-4H3,(H,27,28). The molecule has 3 aromatic carbocycles. The highest BCUT2D eigenvalue weighted by molar-refractivity contribution is 5.92. The number of amides is 1. The average molecular weight is 405 g/mol. The molecule has 2 N–H and O–H groups in total. The highest BCUT2D eigenvalue weighted by atomic mass is 16.5. The molecule has 30 heavy (non-hydrogen) atoms. The van der Waals surface area contributed by atoms with E-state index in [0.29, 0.717) is 18.0 Å². The van der Waals surface area contributed by atoms with Crippen molar-refractivity contribution in [3.63, 3.8) is 0 Å². The fourth-order valence-corrected chi connectivity index (χ4v) is 3.06. The summed E-state index contributed by atoms with van der Waals surface area (Å²) < 4.78 is 11.1. The summed E-state index contributed by atoms with van der Waals surface area (Å²) in [6.07, 6.45) is 0. The van der Waals surface area contributed by atoms with Gasteiger partial charge in [0.05, 0.1) is 7.11 Å². The second-order valence-corrected chi connectivity index (χ2v) is 7.34. The fourth-order valence-electron chi connectivity index (χ4n) is 3.06. The molecule has 0 aliphatic heterocycles. The van der Waals surface area contributed by atoms with E-state index in [1.165, 1.54) is 11.1 Å². The lowest BCUT2D eigenvalue weighted by molar-refractivity contribution is -0.118. The molecule has 3 aromatic rings. The lowest BCUT2D eigenvalue weighted by Crippen LogP contribution is -2.20. The number of benzene rings is 3. The van der Waals surface area contributed by atoms with Gasteiger partial charge in [0.1, 0.15) is 0 Å². The third-order valence-corrected chi connectivity index (χ3v) is 4.89. The van der Waals surface area contributed by atoms with Gasteiger partial charge >= 0.3 is 0 Å². The van der Waals surface area contributed by atoms with Gasteiger partial charge in [-0.2, -0.15) is 0 Å².